The first-order valence-corrected chi connectivity index (χ1v) is 8.08. The van der Waals surface area contributed by atoms with Gasteiger partial charge in [-0.05, 0) is 50.2 Å². The Kier molecular flexibility index (Phi) is 6.32. The van der Waals surface area contributed by atoms with E-state index in [0.29, 0.717) is 23.6 Å². The van der Waals surface area contributed by atoms with E-state index in [9.17, 15) is 14.4 Å². The molecule has 0 aliphatic heterocycles. The number of carbonyl (C=O) groups excluding carboxylic acids is 3. The summed E-state index contributed by atoms with van der Waals surface area (Å²) in [6.07, 6.45) is 0. The topological polar surface area (TPSA) is 105 Å². The van der Waals surface area contributed by atoms with Crippen molar-refractivity contribution in [1.82, 2.24) is 5.48 Å². The molecule has 3 N–H and O–H groups in total. The lowest BCUT2D eigenvalue weighted by atomic mass is 10.1. The van der Waals surface area contributed by atoms with Gasteiger partial charge in [0.25, 0.3) is 11.8 Å². The van der Waals surface area contributed by atoms with Crippen LogP contribution in [0.4, 0.5) is 5.69 Å². The first-order chi connectivity index (χ1) is 12.4. The van der Waals surface area contributed by atoms with Crippen LogP contribution in [0.25, 0.3) is 0 Å². The van der Waals surface area contributed by atoms with Crippen LogP contribution >= 0.6 is 11.6 Å². The van der Waals surface area contributed by atoms with Crippen molar-refractivity contribution in [2.24, 2.45) is 0 Å². The number of carbonyl (C=O) groups is 3. The van der Waals surface area contributed by atoms with Gasteiger partial charge >= 0.3 is 0 Å². The highest BCUT2D eigenvalue weighted by Crippen LogP contribution is 2.28. The van der Waals surface area contributed by atoms with Crippen LogP contribution in [0.5, 0.6) is 5.75 Å². The Morgan fingerprint density at radius 2 is 1.77 bits per heavy atom. The summed E-state index contributed by atoms with van der Waals surface area (Å²) in [5.74, 6) is -1.14. The summed E-state index contributed by atoms with van der Waals surface area (Å²) in [6, 6.07) is 8.68. The van der Waals surface area contributed by atoms with Crippen molar-refractivity contribution in [3.8, 4) is 5.75 Å². The molecule has 0 aliphatic rings. The summed E-state index contributed by atoms with van der Waals surface area (Å²) in [5, 5.41) is 11.5. The first kappa shape index (κ1) is 19.4. The van der Waals surface area contributed by atoms with Gasteiger partial charge in [-0.1, -0.05) is 11.6 Å². The van der Waals surface area contributed by atoms with Crippen LogP contribution in [0.2, 0.25) is 5.02 Å². The number of hydroxylamine groups is 1. The third-order valence-electron chi connectivity index (χ3n) is 3.51. The Morgan fingerprint density at radius 1 is 1.08 bits per heavy atom. The lowest BCUT2D eigenvalue weighted by Gasteiger charge is -2.13. The predicted molar refractivity (Wildman–Crippen MR) is 96.3 cm³/mol. The van der Waals surface area contributed by atoms with Gasteiger partial charge in [0.1, 0.15) is 5.75 Å². The summed E-state index contributed by atoms with van der Waals surface area (Å²) in [4.78, 5) is 35.7. The summed E-state index contributed by atoms with van der Waals surface area (Å²) < 4.78 is 5.46. The fraction of sp³-hybridized carbons (Fsp3) is 0.167. The van der Waals surface area contributed by atoms with E-state index in [2.05, 4.69) is 5.32 Å². The van der Waals surface area contributed by atoms with Crippen molar-refractivity contribution in [3.05, 3.63) is 58.1 Å². The molecule has 7 nitrogen and oxygen atoms in total. The van der Waals surface area contributed by atoms with Crippen molar-refractivity contribution >= 4 is 34.9 Å². The van der Waals surface area contributed by atoms with Gasteiger partial charge in [-0.2, -0.15) is 0 Å². The maximum Gasteiger partial charge on any atom is 0.274 e. The van der Waals surface area contributed by atoms with Gasteiger partial charge in [0, 0.05) is 11.1 Å². The normalized spacial score (nSPS) is 10.2. The number of ether oxygens (including phenoxy) is 1. The van der Waals surface area contributed by atoms with Crippen molar-refractivity contribution in [3.63, 3.8) is 0 Å². The molecule has 2 aromatic rings. The molecule has 0 fully saturated rings. The third-order valence-corrected chi connectivity index (χ3v) is 3.84. The number of nitrogens with one attached hydrogen (secondary N) is 2. The smallest absolute Gasteiger partial charge is 0.274 e. The third kappa shape index (κ3) is 4.38. The molecule has 0 spiro atoms. The number of amides is 2. The Hall–Kier alpha value is -2.90. The molecule has 0 heterocycles. The van der Waals surface area contributed by atoms with Crippen molar-refractivity contribution in [1.29, 1.82) is 0 Å². The number of Topliss-reactive ketones (excluding diaryl/α,β-unsaturated/α-hetero) is 1. The summed E-state index contributed by atoms with van der Waals surface area (Å²) in [7, 11) is 0. The van der Waals surface area contributed by atoms with Gasteiger partial charge in [0.2, 0.25) is 0 Å². The minimum atomic E-state index is -0.774. The number of anilines is 1. The van der Waals surface area contributed by atoms with E-state index >= 15 is 0 Å². The second kappa shape index (κ2) is 8.46. The van der Waals surface area contributed by atoms with Crippen LogP contribution < -0.4 is 15.5 Å². The molecular formula is C18H17ClN2O5. The fourth-order valence-corrected chi connectivity index (χ4v) is 2.43. The number of rotatable bonds is 6. The maximum absolute atomic E-state index is 12.6. The van der Waals surface area contributed by atoms with E-state index in [-0.39, 0.29) is 21.9 Å². The van der Waals surface area contributed by atoms with Gasteiger partial charge in [-0.15, -0.1) is 0 Å². The van der Waals surface area contributed by atoms with Crippen LogP contribution in [0.3, 0.4) is 0 Å². The summed E-state index contributed by atoms with van der Waals surface area (Å²) >= 11 is 6.05. The second-order valence-electron chi connectivity index (χ2n) is 5.29. The standard InChI is InChI=1S/C18H17ClN2O5/c1-3-26-16-7-5-11(10(2)22)9-15(16)20-18(24)13-8-12(17(23)21-25)4-6-14(13)19/h4-9,25H,3H2,1-2H3,(H,20,24)(H,21,23). The molecule has 0 saturated carbocycles. The second-order valence-corrected chi connectivity index (χ2v) is 5.70. The molecule has 8 heteroatoms. The average molecular weight is 377 g/mol. The van der Waals surface area contributed by atoms with Crippen LogP contribution in [-0.2, 0) is 0 Å². The van der Waals surface area contributed by atoms with E-state index in [4.69, 9.17) is 21.5 Å². The molecular weight excluding hydrogens is 360 g/mol. The SMILES string of the molecule is CCOc1ccc(C(C)=O)cc1NC(=O)c1cc(C(=O)NO)ccc1Cl. The zero-order chi connectivity index (χ0) is 19.3. The monoisotopic (exact) mass is 376 g/mol. The van der Waals surface area contributed by atoms with Gasteiger partial charge in [0.05, 0.1) is 22.9 Å². The van der Waals surface area contributed by atoms with E-state index in [1.807, 2.05) is 0 Å². The Labute approximate surface area is 154 Å². The molecule has 2 aromatic carbocycles. The molecule has 2 rings (SSSR count). The zero-order valence-electron chi connectivity index (χ0n) is 14.1. The minimum Gasteiger partial charge on any atom is -0.492 e. The first-order valence-electron chi connectivity index (χ1n) is 7.70. The average Bonchev–Trinajstić information content (AvgIpc) is 2.62. The lowest BCUT2D eigenvalue weighted by Crippen LogP contribution is -2.20. The highest BCUT2D eigenvalue weighted by atomic mass is 35.5. The minimum absolute atomic E-state index is 0.0310. The quantitative estimate of drug-likeness (QED) is 0.407. The van der Waals surface area contributed by atoms with Crippen LogP contribution in [-0.4, -0.2) is 29.4 Å². The van der Waals surface area contributed by atoms with E-state index < -0.39 is 11.8 Å². The van der Waals surface area contributed by atoms with Gasteiger partial charge in [0.15, 0.2) is 5.78 Å². The molecule has 0 aliphatic carbocycles. The molecule has 0 radical (unpaired) electrons. The zero-order valence-corrected chi connectivity index (χ0v) is 14.9. The number of hydrogen-bond acceptors (Lipinski definition) is 5. The molecule has 0 unspecified atom stereocenters. The molecule has 0 atom stereocenters. The Morgan fingerprint density at radius 3 is 2.38 bits per heavy atom. The highest BCUT2D eigenvalue weighted by Gasteiger charge is 2.17. The van der Waals surface area contributed by atoms with E-state index in [0.717, 1.165) is 0 Å². The lowest BCUT2D eigenvalue weighted by molar-refractivity contribution is 0.0706. The molecule has 0 bridgehead atoms. The van der Waals surface area contributed by atoms with Crippen LogP contribution in [0.1, 0.15) is 44.9 Å². The number of benzene rings is 2. The van der Waals surface area contributed by atoms with Gasteiger partial charge in [-0.25, -0.2) is 5.48 Å². The van der Waals surface area contributed by atoms with E-state index in [1.54, 1.807) is 19.1 Å². The van der Waals surface area contributed by atoms with Gasteiger partial charge < -0.3 is 10.1 Å². The Bertz CT molecular complexity index is 867. The number of ketones is 1. The molecule has 2 amide bonds. The maximum atomic E-state index is 12.6. The van der Waals surface area contributed by atoms with E-state index in [1.165, 1.54) is 36.7 Å². The molecule has 136 valence electrons. The predicted octanol–water partition coefficient (Wildman–Crippen LogP) is 3.31. The molecule has 0 saturated heterocycles. The summed E-state index contributed by atoms with van der Waals surface area (Å²) in [6.45, 7) is 3.57. The summed E-state index contributed by atoms with van der Waals surface area (Å²) in [5.41, 5.74) is 2.29. The van der Waals surface area contributed by atoms with Crippen LogP contribution in [0.15, 0.2) is 36.4 Å². The highest BCUT2D eigenvalue weighted by molar-refractivity contribution is 6.34. The Balaban J connectivity index is 2.39. The van der Waals surface area contributed by atoms with Gasteiger partial charge in [-0.3, -0.25) is 19.6 Å². The largest absolute Gasteiger partial charge is 0.492 e. The fourth-order valence-electron chi connectivity index (χ4n) is 2.22. The van der Waals surface area contributed by atoms with Crippen molar-refractivity contribution < 1.29 is 24.3 Å². The van der Waals surface area contributed by atoms with Crippen molar-refractivity contribution in [2.45, 2.75) is 13.8 Å². The van der Waals surface area contributed by atoms with Crippen LogP contribution in [0, 0.1) is 0 Å². The molecule has 0 aromatic heterocycles. The van der Waals surface area contributed by atoms with Crippen molar-refractivity contribution in [2.75, 3.05) is 11.9 Å². The molecule has 26 heavy (non-hydrogen) atoms. The number of halogens is 1. The number of hydrogen-bond donors (Lipinski definition) is 3.